The van der Waals surface area contributed by atoms with Gasteiger partial charge in [-0.25, -0.2) is 4.39 Å². The summed E-state index contributed by atoms with van der Waals surface area (Å²) in [5.41, 5.74) is -0.0929. The second kappa shape index (κ2) is 7.25. The summed E-state index contributed by atoms with van der Waals surface area (Å²) in [6.45, 7) is 4.07. The van der Waals surface area contributed by atoms with Crippen LogP contribution in [-0.4, -0.2) is 25.5 Å². The molecule has 0 heterocycles. The predicted octanol–water partition coefficient (Wildman–Crippen LogP) is 2.21. The average molecular weight is 259 g/mol. The summed E-state index contributed by atoms with van der Waals surface area (Å²) in [5, 5.41) is 5.87. The minimum Gasteiger partial charge on any atom is -0.351 e. The van der Waals surface area contributed by atoms with Gasteiger partial charge in [-0.3, -0.25) is 4.79 Å². The van der Waals surface area contributed by atoms with Crippen LogP contribution in [0.5, 0.6) is 0 Å². The molecule has 94 valence electrons. The van der Waals surface area contributed by atoms with Crippen molar-refractivity contribution in [3.8, 4) is 0 Å². The third-order valence-corrected chi connectivity index (χ3v) is 2.52. The minimum absolute atomic E-state index is 0.0929. The van der Waals surface area contributed by atoms with Crippen molar-refractivity contribution < 1.29 is 9.18 Å². The lowest BCUT2D eigenvalue weighted by atomic mass is 10.2. The van der Waals surface area contributed by atoms with E-state index in [1.165, 1.54) is 18.2 Å². The zero-order chi connectivity index (χ0) is 12.7. The molecule has 0 fully saturated rings. The molecule has 1 rings (SSSR count). The Labute approximate surface area is 105 Å². The van der Waals surface area contributed by atoms with Crippen molar-refractivity contribution in [3.63, 3.8) is 0 Å². The van der Waals surface area contributed by atoms with Crippen molar-refractivity contribution in [1.29, 1.82) is 0 Å². The number of carbonyl (C=O) groups is 1. The number of nitrogens with one attached hydrogen (secondary N) is 2. The molecule has 1 amide bonds. The van der Waals surface area contributed by atoms with Crippen molar-refractivity contribution in [2.75, 3.05) is 19.6 Å². The Hall–Kier alpha value is -1.13. The van der Waals surface area contributed by atoms with Crippen molar-refractivity contribution in [1.82, 2.24) is 10.6 Å². The molecular weight excluding hydrogens is 243 g/mol. The van der Waals surface area contributed by atoms with Crippen LogP contribution >= 0.6 is 11.6 Å². The van der Waals surface area contributed by atoms with Gasteiger partial charge in [0.15, 0.2) is 0 Å². The molecule has 0 unspecified atom stereocenters. The highest BCUT2D eigenvalue weighted by Gasteiger charge is 2.14. The van der Waals surface area contributed by atoms with E-state index in [9.17, 15) is 9.18 Å². The first-order valence-electron chi connectivity index (χ1n) is 5.59. The number of carbonyl (C=O) groups excluding carboxylic acids is 1. The molecule has 0 spiro atoms. The van der Waals surface area contributed by atoms with E-state index in [0.717, 1.165) is 13.0 Å². The minimum atomic E-state index is -0.600. The summed E-state index contributed by atoms with van der Waals surface area (Å²) < 4.78 is 13.4. The largest absolute Gasteiger partial charge is 0.351 e. The molecule has 17 heavy (non-hydrogen) atoms. The SMILES string of the molecule is CCCNCCNC(=O)c1c(F)cccc1Cl. The summed E-state index contributed by atoms with van der Waals surface area (Å²) in [6.07, 6.45) is 1.03. The van der Waals surface area contributed by atoms with Crippen LogP contribution < -0.4 is 10.6 Å². The monoisotopic (exact) mass is 258 g/mol. The van der Waals surface area contributed by atoms with Crippen molar-refractivity contribution in [2.45, 2.75) is 13.3 Å². The van der Waals surface area contributed by atoms with Gasteiger partial charge in [-0.2, -0.15) is 0 Å². The van der Waals surface area contributed by atoms with E-state index in [4.69, 9.17) is 11.6 Å². The maximum Gasteiger partial charge on any atom is 0.255 e. The lowest BCUT2D eigenvalue weighted by molar-refractivity contribution is 0.0950. The van der Waals surface area contributed by atoms with Crippen LogP contribution in [0.15, 0.2) is 18.2 Å². The fourth-order valence-corrected chi connectivity index (χ4v) is 1.62. The van der Waals surface area contributed by atoms with Gasteiger partial charge in [0.25, 0.3) is 5.91 Å². The van der Waals surface area contributed by atoms with Crippen LogP contribution in [-0.2, 0) is 0 Å². The van der Waals surface area contributed by atoms with Gasteiger partial charge in [0.05, 0.1) is 10.6 Å². The number of benzene rings is 1. The highest BCUT2D eigenvalue weighted by Crippen LogP contribution is 2.18. The first-order chi connectivity index (χ1) is 8.16. The van der Waals surface area contributed by atoms with Crippen LogP contribution in [0.1, 0.15) is 23.7 Å². The Balaban J connectivity index is 2.47. The highest BCUT2D eigenvalue weighted by molar-refractivity contribution is 6.33. The van der Waals surface area contributed by atoms with Crippen LogP contribution in [0.3, 0.4) is 0 Å². The zero-order valence-corrected chi connectivity index (χ0v) is 10.5. The number of halogens is 2. The molecule has 3 nitrogen and oxygen atoms in total. The molecule has 2 N–H and O–H groups in total. The van der Waals surface area contributed by atoms with E-state index >= 15 is 0 Å². The Morgan fingerprint density at radius 2 is 2.12 bits per heavy atom. The molecule has 0 radical (unpaired) electrons. The van der Waals surface area contributed by atoms with E-state index in [-0.39, 0.29) is 10.6 Å². The molecular formula is C12H16ClFN2O. The molecule has 0 atom stereocenters. The quantitative estimate of drug-likeness (QED) is 0.768. The molecule has 0 aliphatic rings. The first kappa shape index (κ1) is 13.9. The summed E-state index contributed by atoms with van der Waals surface area (Å²) in [5.74, 6) is -1.08. The molecule has 0 aliphatic heterocycles. The number of amides is 1. The van der Waals surface area contributed by atoms with Gasteiger partial charge < -0.3 is 10.6 Å². The standard InChI is InChI=1S/C12H16ClFN2O/c1-2-6-15-7-8-16-12(17)11-9(13)4-3-5-10(11)14/h3-5,15H,2,6-8H2,1H3,(H,16,17). The zero-order valence-electron chi connectivity index (χ0n) is 9.72. The Bertz CT molecular complexity index is 365. The van der Waals surface area contributed by atoms with Gasteiger partial charge in [0, 0.05) is 13.1 Å². The summed E-state index contributed by atoms with van der Waals surface area (Å²) in [7, 11) is 0. The lowest BCUT2D eigenvalue weighted by Gasteiger charge is -2.08. The van der Waals surface area contributed by atoms with Gasteiger partial charge in [-0.05, 0) is 25.1 Å². The Morgan fingerprint density at radius 1 is 1.35 bits per heavy atom. The van der Waals surface area contributed by atoms with E-state index < -0.39 is 11.7 Å². The first-order valence-corrected chi connectivity index (χ1v) is 5.97. The van der Waals surface area contributed by atoms with Crippen LogP contribution in [0.2, 0.25) is 5.02 Å². The van der Waals surface area contributed by atoms with E-state index in [2.05, 4.69) is 17.6 Å². The van der Waals surface area contributed by atoms with E-state index in [1.54, 1.807) is 0 Å². The maximum absolute atomic E-state index is 13.4. The van der Waals surface area contributed by atoms with Gasteiger partial charge in [0.2, 0.25) is 0 Å². The van der Waals surface area contributed by atoms with Crippen molar-refractivity contribution in [3.05, 3.63) is 34.6 Å². The topological polar surface area (TPSA) is 41.1 Å². The fraction of sp³-hybridized carbons (Fsp3) is 0.417. The van der Waals surface area contributed by atoms with Crippen molar-refractivity contribution >= 4 is 17.5 Å². The third-order valence-electron chi connectivity index (χ3n) is 2.20. The number of hydrogen-bond donors (Lipinski definition) is 2. The molecule has 0 bridgehead atoms. The molecule has 0 aliphatic carbocycles. The number of hydrogen-bond acceptors (Lipinski definition) is 2. The molecule has 0 aromatic heterocycles. The molecule has 1 aromatic rings. The lowest BCUT2D eigenvalue weighted by Crippen LogP contribution is -2.32. The van der Waals surface area contributed by atoms with E-state index in [1.807, 2.05) is 0 Å². The normalized spacial score (nSPS) is 10.3. The third kappa shape index (κ3) is 4.32. The second-order valence-corrected chi connectivity index (χ2v) is 4.01. The predicted molar refractivity (Wildman–Crippen MR) is 66.9 cm³/mol. The Morgan fingerprint density at radius 3 is 2.76 bits per heavy atom. The van der Waals surface area contributed by atoms with Crippen LogP contribution in [0, 0.1) is 5.82 Å². The van der Waals surface area contributed by atoms with E-state index in [0.29, 0.717) is 13.1 Å². The van der Waals surface area contributed by atoms with Crippen LogP contribution in [0.25, 0.3) is 0 Å². The molecule has 1 aromatic carbocycles. The van der Waals surface area contributed by atoms with Gasteiger partial charge in [-0.15, -0.1) is 0 Å². The Kier molecular flexibility index (Phi) is 5.94. The smallest absolute Gasteiger partial charge is 0.255 e. The molecule has 0 saturated heterocycles. The number of rotatable bonds is 6. The van der Waals surface area contributed by atoms with Gasteiger partial charge in [-0.1, -0.05) is 24.6 Å². The molecule has 5 heteroatoms. The summed E-state index contributed by atoms with van der Waals surface area (Å²) in [6, 6.07) is 4.18. The molecule has 0 saturated carbocycles. The van der Waals surface area contributed by atoms with Crippen molar-refractivity contribution in [2.24, 2.45) is 0 Å². The average Bonchev–Trinajstić information content (AvgIpc) is 2.28. The fourth-order valence-electron chi connectivity index (χ4n) is 1.37. The summed E-state index contributed by atoms with van der Waals surface area (Å²) in [4.78, 5) is 11.7. The second-order valence-electron chi connectivity index (χ2n) is 3.60. The van der Waals surface area contributed by atoms with Crippen LogP contribution in [0.4, 0.5) is 4.39 Å². The maximum atomic E-state index is 13.4. The van der Waals surface area contributed by atoms with Gasteiger partial charge in [0.1, 0.15) is 5.82 Å². The summed E-state index contributed by atoms with van der Waals surface area (Å²) >= 11 is 5.77. The van der Waals surface area contributed by atoms with Gasteiger partial charge >= 0.3 is 0 Å². The highest BCUT2D eigenvalue weighted by atomic mass is 35.5.